The quantitative estimate of drug-likeness (QED) is 0.117. The molecule has 0 aliphatic carbocycles. The third kappa shape index (κ3) is 11.6. The summed E-state index contributed by atoms with van der Waals surface area (Å²) in [6.07, 6.45) is 1.36. The fourth-order valence-electron chi connectivity index (χ4n) is 2.74. The van der Waals surface area contributed by atoms with Gasteiger partial charge >= 0.3 is 5.97 Å². The molecule has 11 N–H and O–H groups in total. The van der Waals surface area contributed by atoms with Gasteiger partial charge in [-0.1, -0.05) is 0 Å². The maximum absolute atomic E-state index is 12.7. The SMILES string of the molecule is CC(N)C(=O)NC(CCCCN)C(=O)NC(C(=O)NC(CCCCN)C(=O)O)C(C)O. The second kappa shape index (κ2) is 15.5. The molecule has 0 saturated heterocycles. The van der Waals surface area contributed by atoms with Gasteiger partial charge in [-0.2, -0.15) is 0 Å². The summed E-state index contributed by atoms with van der Waals surface area (Å²) < 4.78 is 0. The Bertz CT molecular complexity index is 586. The van der Waals surface area contributed by atoms with Crippen LogP contribution in [0.25, 0.3) is 0 Å². The van der Waals surface area contributed by atoms with Gasteiger partial charge in [0.2, 0.25) is 17.7 Å². The van der Waals surface area contributed by atoms with Crippen LogP contribution in [0, 0.1) is 0 Å². The Kier molecular flexibility index (Phi) is 14.4. The Morgan fingerprint density at radius 1 is 0.774 bits per heavy atom. The van der Waals surface area contributed by atoms with Crippen LogP contribution < -0.4 is 33.2 Å². The summed E-state index contributed by atoms with van der Waals surface area (Å²) in [7, 11) is 0. The first-order chi connectivity index (χ1) is 14.5. The van der Waals surface area contributed by atoms with E-state index in [0.717, 1.165) is 0 Å². The Balaban J connectivity index is 5.25. The molecule has 180 valence electrons. The van der Waals surface area contributed by atoms with Crippen LogP contribution >= 0.6 is 0 Å². The van der Waals surface area contributed by atoms with Crippen LogP contribution in [0.5, 0.6) is 0 Å². The minimum atomic E-state index is -1.41. The number of carboxylic acids is 1. The van der Waals surface area contributed by atoms with Crippen LogP contribution in [0.3, 0.4) is 0 Å². The molecule has 0 radical (unpaired) electrons. The van der Waals surface area contributed by atoms with Crippen molar-refractivity contribution in [2.24, 2.45) is 17.2 Å². The van der Waals surface area contributed by atoms with Crippen molar-refractivity contribution < 1.29 is 29.4 Å². The van der Waals surface area contributed by atoms with Gasteiger partial charge in [0.15, 0.2) is 0 Å². The van der Waals surface area contributed by atoms with Crippen molar-refractivity contribution in [2.75, 3.05) is 13.1 Å². The van der Waals surface area contributed by atoms with Gasteiger partial charge in [-0.25, -0.2) is 4.79 Å². The molecule has 0 aromatic carbocycles. The van der Waals surface area contributed by atoms with Crippen molar-refractivity contribution in [1.82, 2.24) is 16.0 Å². The first-order valence-electron chi connectivity index (χ1n) is 10.5. The number of carboxylic acid groups (broad SMARTS) is 1. The summed E-state index contributed by atoms with van der Waals surface area (Å²) in [4.78, 5) is 48.7. The van der Waals surface area contributed by atoms with E-state index in [0.29, 0.717) is 38.8 Å². The summed E-state index contributed by atoms with van der Waals surface area (Å²) in [5.41, 5.74) is 16.4. The Hall–Kier alpha value is -2.28. The van der Waals surface area contributed by atoms with Crippen LogP contribution in [0.4, 0.5) is 0 Å². The molecule has 0 aliphatic heterocycles. The zero-order valence-electron chi connectivity index (χ0n) is 18.3. The average molecular weight is 447 g/mol. The van der Waals surface area contributed by atoms with Crippen molar-refractivity contribution in [1.29, 1.82) is 0 Å². The largest absolute Gasteiger partial charge is 0.480 e. The monoisotopic (exact) mass is 446 g/mol. The standard InChI is InChI=1S/C19H38N6O6/c1-11(22)16(27)23-13(7-3-5-9-20)17(28)25-15(12(2)26)18(29)24-14(19(30)31)8-4-6-10-21/h11-15,26H,3-10,20-22H2,1-2H3,(H,23,27)(H,24,29)(H,25,28)(H,30,31). The number of nitrogens with one attached hydrogen (secondary N) is 3. The van der Waals surface area contributed by atoms with E-state index in [1.54, 1.807) is 0 Å². The number of carbonyl (C=O) groups is 4. The minimum Gasteiger partial charge on any atom is -0.480 e. The predicted octanol–water partition coefficient (Wildman–Crippen LogP) is -2.49. The van der Waals surface area contributed by atoms with Crippen molar-refractivity contribution in [2.45, 2.75) is 82.6 Å². The number of amides is 3. The average Bonchev–Trinajstić information content (AvgIpc) is 2.69. The van der Waals surface area contributed by atoms with Gasteiger partial charge in [-0.3, -0.25) is 14.4 Å². The Morgan fingerprint density at radius 3 is 1.68 bits per heavy atom. The number of aliphatic hydroxyl groups excluding tert-OH is 1. The van der Waals surface area contributed by atoms with Crippen LogP contribution in [0.1, 0.15) is 52.4 Å². The number of carbonyl (C=O) groups excluding carboxylic acids is 3. The normalized spacial score (nSPS) is 15.8. The molecule has 3 amide bonds. The topological polar surface area (TPSA) is 223 Å². The van der Waals surface area contributed by atoms with Gasteiger partial charge in [-0.15, -0.1) is 0 Å². The van der Waals surface area contributed by atoms with E-state index in [1.165, 1.54) is 13.8 Å². The number of hydrogen-bond acceptors (Lipinski definition) is 8. The van der Waals surface area contributed by atoms with E-state index in [9.17, 15) is 29.4 Å². The first kappa shape index (κ1) is 28.7. The van der Waals surface area contributed by atoms with Crippen molar-refractivity contribution in [3.63, 3.8) is 0 Å². The molecule has 0 rings (SSSR count). The highest BCUT2D eigenvalue weighted by atomic mass is 16.4. The molecule has 0 aromatic rings. The zero-order chi connectivity index (χ0) is 24.0. The van der Waals surface area contributed by atoms with E-state index in [4.69, 9.17) is 17.2 Å². The van der Waals surface area contributed by atoms with Crippen LogP contribution in [-0.2, 0) is 19.2 Å². The smallest absolute Gasteiger partial charge is 0.326 e. The Morgan fingerprint density at radius 2 is 1.26 bits per heavy atom. The minimum absolute atomic E-state index is 0.158. The van der Waals surface area contributed by atoms with Gasteiger partial charge in [0, 0.05) is 0 Å². The van der Waals surface area contributed by atoms with Gasteiger partial charge in [0.05, 0.1) is 12.1 Å². The second-order valence-electron chi connectivity index (χ2n) is 7.55. The molecule has 0 saturated carbocycles. The lowest BCUT2D eigenvalue weighted by molar-refractivity contribution is -0.143. The van der Waals surface area contributed by atoms with E-state index in [-0.39, 0.29) is 12.8 Å². The fraction of sp³-hybridized carbons (Fsp3) is 0.789. The molecule has 0 heterocycles. The maximum Gasteiger partial charge on any atom is 0.326 e. The predicted molar refractivity (Wildman–Crippen MR) is 115 cm³/mol. The third-order valence-electron chi connectivity index (χ3n) is 4.62. The van der Waals surface area contributed by atoms with Crippen LogP contribution in [0.2, 0.25) is 0 Å². The van der Waals surface area contributed by atoms with E-state index in [1.807, 2.05) is 0 Å². The summed E-state index contributed by atoms with van der Waals surface area (Å²) >= 11 is 0. The summed E-state index contributed by atoms with van der Waals surface area (Å²) in [6, 6.07) is -4.42. The molecule has 5 unspecified atom stereocenters. The fourth-order valence-corrected chi connectivity index (χ4v) is 2.74. The number of unbranched alkanes of at least 4 members (excludes halogenated alkanes) is 2. The number of aliphatic hydroxyl groups is 1. The molecule has 0 fully saturated rings. The molecule has 5 atom stereocenters. The van der Waals surface area contributed by atoms with Gasteiger partial charge in [0.1, 0.15) is 18.1 Å². The maximum atomic E-state index is 12.7. The number of nitrogens with two attached hydrogens (primary N) is 3. The highest BCUT2D eigenvalue weighted by Gasteiger charge is 2.32. The molecule has 12 nitrogen and oxygen atoms in total. The molecular formula is C19H38N6O6. The van der Waals surface area contributed by atoms with Crippen LogP contribution in [0.15, 0.2) is 0 Å². The number of aliphatic carboxylic acids is 1. The number of rotatable bonds is 16. The first-order valence-corrected chi connectivity index (χ1v) is 10.5. The molecule has 0 aromatic heterocycles. The van der Waals surface area contributed by atoms with E-state index < -0.39 is 54.0 Å². The van der Waals surface area contributed by atoms with E-state index >= 15 is 0 Å². The lowest BCUT2D eigenvalue weighted by atomic mass is 10.1. The lowest BCUT2D eigenvalue weighted by Crippen LogP contribution is -2.59. The highest BCUT2D eigenvalue weighted by Crippen LogP contribution is 2.06. The summed E-state index contributed by atoms with van der Waals surface area (Å²) in [6.45, 7) is 3.56. The highest BCUT2D eigenvalue weighted by molar-refractivity contribution is 5.94. The molecule has 0 aliphatic rings. The molecule has 0 bridgehead atoms. The Labute approximate surface area is 182 Å². The molecular weight excluding hydrogens is 408 g/mol. The lowest BCUT2D eigenvalue weighted by Gasteiger charge is -2.26. The number of hydrogen-bond donors (Lipinski definition) is 8. The zero-order valence-corrected chi connectivity index (χ0v) is 18.3. The van der Waals surface area contributed by atoms with Gasteiger partial charge in [-0.05, 0) is 65.5 Å². The summed E-state index contributed by atoms with van der Waals surface area (Å²) in [5.74, 6) is -3.31. The van der Waals surface area contributed by atoms with Crippen LogP contribution in [-0.4, -0.2) is 77.3 Å². The second-order valence-corrected chi connectivity index (χ2v) is 7.55. The van der Waals surface area contributed by atoms with E-state index in [2.05, 4.69) is 16.0 Å². The van der Waals surface area contributed by atoms with Crippen molar-refractivity contribution in [3.05, 3.63) is 0 Å². The van der Waals surface area contributed by atoms with Gasteiger partial charge < -0.3 is 43.4 Å². The third-order valence-corrected chi connectivity index (χ3v) is 4.62. The molecule has 0 spiro atoms. The molecule has 12 heteroatoms. The summed E-state index contributed by atoms with van der Waals surface area (Å²) in [5, 5.41) is 26.6. The van der Waals surface area contributed by atoms with Crippen molar-refractivity contribution >= 4 is 23.7 Å². The molecule has 31 heavy (non-hydrogen) atoms. The van der Waals surface area contributed by atoms with Crippen molar-refractivity contribution in [3.8, 4) is 0 Å². The van der Waals surface area contributed by atoms with Gasteiger partial charge in [0.25, 0.3) is 0 Å².